The summed E-state index contributed by atoms with van der Waals surface area (Å²) in [5.41, 5.74) is 0.264. The zero-order valence-corrected chi connectivity index (χ0v) is 10.9. The summed E-state index contributed by atoms with van der Waals surface area (Å²) >= 11 is 0. The molecule has 2 heteroatoms. The van der Waals surface area contributed by atoms with Crippen molar-refractivity contribution in [2.45, 2.75) is 51.6 Å². The summed E-state index contributed by atoms with van der Waals surface area (Å²) in [7, 11) is 0. The Morgan fingerprint density at radius 1 is 1.00 bits per heavy atom. The average molecular weight is 222 g/mol. The van der Waals surface area contributed by atoms with Crippen molar-refractivity contribution in [1.29, 1.82) is 0 Å². The largest absolute Gasteiger partial charge is 0.312 e. The fraction of sp³-hybridized carbons (Fsp3) is 1.00. The molecular formula is C14H26N2. The molecule has 3 aliphatic carbocycles. The molecular weight excluding hydrogens is 196 g/mol. The lowest BCUT2D eigenvalue weighted by molar-refractivity contribution is 0.407. The predicted octanol–water partition coefficient (Wildman–Crippen LogP) is 2.01. The van der Waals surface area contributed by atoms with Crippen molar-refractivity contribution in [2.24, 2.45) is 23.7 Å². The van der Waals surface area contributed by atoms with Crippen molar-refractivity contribution in [3.8, 4) is 0 Å². The molecule has 3 fully saturated rings. The Morgan fingerprint density at radius 2 is 1.62 bits per heavy atom. The minimum atomic E-state index is 0.264. The van der Waals surface area contributed by atoms with Crippen LogP contribution < -0.4 is 10.6 Å². The maximum Gasteiger partial charge on any atom is 0.0136 e. The maximum atomic E-state index is 3.77. The molecule has 3 aliphatic rings. The van der Waals surface area contributed by atoms with E-state index in [9.17, 15) is 0 Å². The topological polar surface area (TPSA) is 24.1 Å². The van der Waals surface area contributed by atoms with E-state index in [0.717, 1.165) is 42.8 Å². The molecule has 4 unspecified atom stereocenters. The van der Waals surface area contributed by atoms with Gasteiger partial charge in [0.1, 0.15) is 0 Å². The first-order valence-corrected chi connectivity index (χ1v) is 7.05. The van der Waals surface area contributed by atoms with E-state index in [4.69, 9.17) is 0 Å². The van der Waals surface area contributed by atoms with Gasteiger partial charge in [-0.1, -0.05) is 0 Å². The number of nitrogens with one attached hydrogen (secondary N) is 2. The van der Waals surface area contributed by atoms with E-state index in [1.165, 1.54) is 12.8 Å². The summed E-state index contributed by atoms with van der Waals surface area (Å²) in [5, 5.41) is 7.32. The molecule has 0 aromatic heterocycles. The average Bonchev–Trinajstić information content (AvgIpc) is 2.60. The van der Waals surface area contributed by atoms with Crippen LogP contribution in [0, 0.1) is 23.7 Å². The molecule has 4 atom stereocenters. The summed E-state index contributed by atoms with van der Waals surface area (Å²) in [5.74, 6) is 4.35. The van der Waals surface area contributed by atoms with Crippen molar-refractivity contribution in [3.05, 3.63) is 0 Å². The van der Waals surface area contributed by atoms with Crippen LogP contribution in [0.1, 0.15) is 40.0 Å². The molecule has 3 rings (SSSR count). The molecule has 0 aromatic carbocycles. The summed E-state index contributed by atoms with van der Waals surface area (Å²) in [4.78, 5) is 0. The molecule has 92 valence electrons. The standard InChI is InChI=1S/C14H26N2/c1-14(2,3)16-7-6-15-13-11-9-4-5-10(8-9)12(11)13/h9-13,15-16H,4-8H2,1-3H3. The first-order chi connectivity index (χ1) is 7.56. The molecule has 0 aliphatic heterocycles. The van der Waals surface area contributed by atoms with Crippen LogP contribution in [0.15, 0.2) is 0 Å². The van der Waals surface area contributed by atoms with E-state index >= 15 is 0 Å². The van der Waals surface area contributed by atoms with Crippen molar-refractivity contribution in [1.82, 2.24) is 10.6 Å². The Bertz CT molecular complexity index is 252. The highest BCUT2D eigenvalue weighted by atomic mass is 15.1. The van der Waals surface area contributed by atoms with Crippen LogP contribution in [-0.2, 0) is 0 Å². The van der Waals surface area contributed by atoms with Gasteiger partial charge >= 0.3 is 0 Å². The summed E-state index contributed by atoms with van der Waals surface area (Å²) in [6.07, 6.45) is 4.63. The van der Waals surface area contributed by atoms with Crippen molar-refractivity contribution in [2.75, 3.05) is 13.1 Å². The van der Waals surface area contributed by atoms with Crippen LogP contribution in [0.3, 0.4) is 0 Å². The number of rotatable bonds is 4. The quantitative estimate of drug-likeness (QED) is 0.711. The van der Waals surface area contributed by atoms with Gasteiger partial charge in [0.2, 0.25) is 0 Å². The van der Waals surface area contributed by atoms with Crippen LogP contribution in [0.5, 0.6) is 0 Å². The van der Waals surface area contributed by atoms with Crippen LogP contribution in [-0.4, -0.2) is 24.7 Å². The molecule has 0 amide bonds. The smallest absolute Gasteiger partial charge is 0.0136 e. The zero-order valence-electron chi connectivity index (χ0n) is 10.9. The molecule has 0 spiro atoms. The van der Waals surface area contributed by atoms with E-state index in [1.54, 1.807) is 6.42 Å². The second-order valence-corrected chi connectivity index (χ2v) is 7.14. The molecule has 0 saturated heterocycles. The second-order valence-electron chi connectivity index (χ2n) is 7.14. The first kappa shape index (κ1) is 11.0. The Morgan fingerprint density at radius 3 is 2.19 bits per heavy atom. The summed E-state index contributed by atoms with van der Waals surface area (Å²) in [6, 6.07) is 0.896. The fourth-order valence-electron chi connectivity index (χ4n) is 4.27. The van der Waals surface area contributed by atoms with Gasteiger partial charge in [0.25, 0.3) is 0 Å². The third-order valence-corrected chi connectivity index (χ3v) is 4.90. The second kappa shape index (κ2) is 3.71. The predicted molar refractivity (Wildman–Crippen MR) is 67.4 cm³/mol. The highest BCUT2D eigenvalue weighted by Crippen LogP contribution is 2.65. The lowest BCUT2D eigenvalue weighted by Crippen LogP contribution is -2.41. The van der Waals surface area contributed by atoms with E-state index in [-0.39, 0.29) is 5.54 Å². The van der Waals surface area contributed by atoms with Gasteiger partial charge < -0.3 is 10.6 Å². The summed E-state index contributed by atoms with van der Waals surface area (Å²) in [6.45, 7) is 8.96. The fourth-order valence-corrected chi connectivity index (χ4v) is 4.27. The van der Waals surface area contributed by atoms with Gasteiger partial charge in [0.05, 0.1) is 0 Å². The zero-order chi connectivity index (χ0) is 11.3. The molecule has 2 bridgehead atoms. The van der Waals surface area contributed by atoms with Gasteiger partial charge in [-0.3, -0.25) is 0 Å². The highest BCUT2D eigenvalue weighted by Gasteiger charge is 2.64. The van der Waals surface area contributed by atoms with E-state index in [0.29, 0.717) is 0 Å². The molecule has 0 heterocycles. The lowest BCUT2D eigenvalue weighted by Gasteiger charge is -2.21. The highest BCUT2D eigenvalue weighted by molar-refractivity contribution is 5.16. The van der Waals surface area contributed by atoms with Gasteiger partial charge in [-0.2, -0.15) is 0 Å². The molecule has 2 N–H and O–H groups in total. The van der Waals surface area contributed by atoms with Crippen LogP contribution in [0.4, 0.5) is 0 Å². The van der Waals surface area contributed by atoms with Crippen molar-refractivity contribution >= 4 is 0 Å². The monoisotopic (exact) mass is 222 g/mol. The van der Waals surface area contributed by atoms with Crippen molar-refractivity contribution in [3.63, 3.8) is 0 Å². The molecule has 2 nitrogen and oxygen atoms in total. The third-order valence-electron chi connectivity index (χ3n) is 4.90. The first-order valence-electron chi connectivity index (χ1n) is 7.05. The van der Waals surface area contributed by atoms with E-state index in [2.05, 4.69) is 31.4 Å². The molecule has 3 saturated carbocycles. The molecule has 16 heavy (non-hydrogen) atoms. The van der Waals surface area contributed by atoms with Crippen molar-refractivity contribution < 1.29 is 0 Å². The maximum absolute atomic E-state index is 3.77. The lowest BCUT2D eigenvalue weighted by atomic mass is 10.0. The van der Waals surface area contributed by atoms with Gasteiger partial charge in [0, 0.05) is 24.7 Å². The van der Waals surface area contributed by atoms with E-state index < -0.39 is 0 Å². The Hall–Kier alpha value is -0.0800. The number of fused-ring (bicyclic) bond motifs is 5. The van der Waals surface area contributed by atoms with Crippen LogP contribution in [0.25, 0.3) is 0 Å². The van der Waals surface area contributed by atoms with Crippen LogP contribution in [0.2, 0.25) is 0 Å². The SMILES string of the molecule is CC(C)(C)NCCNC1C2C3CCC(C3)C12. The minimum absolute atomic E-state index is 0.264. The molecule has 0 radical (unpaired) electrons. The summed E-state index contributed by atoms with van der Waals surface area (Å²) < 4.78 is 0. The van der Waals surface area contributed by atoms with Gasteiger partial charge in [0.15, 0.2) is 0 Å². The number of hydrogen-bond donors (Lipinski definition) is 2. The van der Waals surface area contributed by atoms with Crippen LogP contribution >= 0.6 is 0 Å². The Kier molecular flexibility index (Phi) is 2.56. The third kappa shape index (κ3) is 1.91. The van der Waals surface area contributed by atoms with Gasteiger partial charge in [-0.05, 0) is 63.7 Å². The Labute approximate surface area is 99.6 Å². The van der Waals surface area contributed by atoms with Gasteiger partial charge in [-0.15, -0.1) is 0 Å². The normalized spacial score (nSPS) is 44.8. The van der Waals surface area contributed by atoms with E-state index in [1.807, 2.05) is 0 Å². The molecule has 0 aromatic rings. The number of hydrogen-bond acceptors (Lipinski definition) is 2. The minimum Gasteiger partial charge on any atom is -0.312 e. The van der Waals surface area contributed by atoms with Gasteiger partial charge in [-0.25, -0.2) is 0 Å². The Balaban J connectivity index is 1.37.